The van der Waals surface area contributed by atoms with Crippen LogP contribution in [-0.4, -0.2) is 30.7 Å². The molecule has 0 bridgehead atoms. The molecular weight excluding hydrogens is 372 g/mol. The Morgan fingerprint density at radius 1 is 0.833 bits per heavy atom. The van der Waals surface area contributed by atoms with E-state index in [1.807, 2.05) is 60.7 Å². The van der Waals surface area contributed by atoms with Crippen molar-refractivity contribution < 1.29 is 9.90 Å². The van der Waals surface area contributed by atoms with Crippen LogP contribution < -0.4 is 10.6 Å². The first-order chi connectivity index (χ1) is 14.8. The molecule has 0 aromatic heterocycles. The lowest BCUT2D eigenvalue weighted by Crippen LogP contribution is -2.31. The highest BCUT2D eigenvalue weighted by molar-refractivity contribution is 5.77. The van der Waals surface area contributed by atoms with Crippen LogP contribution in [0.15, 0.2) is 91.0 Å². The van der Waals surface area contributed by atoms with Gasteiger partial charge >= 0.3 is 0 Å². The van der Waals surface area contributed by atoms with Gasteiger partial charge in [-0.2, -0.15) is 0 Å². The van der Waals surface area contributed by atoms with Crippen molar-refractivity contribution in [2.24, 2.45) is 0 Å². The topological polar surface area (TPSA) is 61.4 Å². The normalized spacial score (nSPS) is 13.9. The van der Waals surface area contributed by atoms with E-state index in [-0.39, 0.29) is 11.9 Å². The average molecular weight is 403 g/mol. The Balaban J connectivity index is 0.000000184. The van der Waals surface area contributed by atoms with Gasteiger partial charge in [-0.3, -0.25) is 4.79 Å². The number of aliphatic hydroxyl groups is 1. The maximum Gasteiger partial charge on any atom is 0.246 e. The Hall–Kier alpha value is -2.95. The fourth-order valence-electron chi connectivity index (χ4n) is 3.74. The second-order valence-electron chi connectivity index (χ2n) is 7.41. The Labute approximate surface area is 179 Å². The van der Waals surface area contributed by atoms with Crippen LogP contribution in [0.3, 0.4) is 0 Å². The van der Waals surface area contributed by atoms with E-state index in [0.717, 1.165) is 17.0 Å². The van der Waals surface area contributed by atoms with E-state index in [1.165, 1.54) is 31.5 Å². The number of piperidine rings is 1. The molecule has 1 heterocycles. The van der Waals surface area contributed by atoms with Crippen LogP contribution in [0.2, 0.25) is 0 Å². The summed E-state index contributed by atoms with van der Waals surface area (Å²) in [6.45, 7) is 1.86. The minimum absolute atomic E-state index is 0.230. The molecule has 3 aromatic rings. The van der Waals surface area contributed by atoms with Crippen molar-refractivity contribution in [2.75, 3.05) is 19.7 Å². The number of hydrogen-bond acceptors (Lipinski definition) is 3. The van der Waals surface area contributed by atoms with Crippen molar-refractivity contribution in [3.63, 3.8) is 0 Å². The van der Waals surface area contributed by atoms with Gasteiger partial charge in [0.05, 0.1) is 6.04 Å². The van der Waals surface area contributed by atoms with Gasteiger partial charge in [-0.05, 0) is 48.5 Å². The fourth-order valence-corrected chi connectivity index (χ4v) is 3.74. The zero-order chi connectivity index (χ0) is 21.0. The van der Waals surface area contributed by atoms with Crippen molar-refractivity contribution in [3.8, 4) is 0 Å². The van der Waals surface area contributed by atoms with E-state index in [0.29, 0.717) is 0 Å². The van der Waals surface area contributed by atoms with Gasteiger partial charge in [-0.15, -0.1) is 0 Å². The Kier molecular flexibility index (Phi) is 8.63. The number of amides is 1. The Morgan fingerprint density at radius 2 is 1.30 bits per heavy atom. The van der Waals surface area contributed by atoms with E-state index < -0.39 is 6.61 Å². The summed E-state index contributed by atoms with van der Waals surface area (Å²) in [6, 6.07) is 30.0. The Morgan fingerprint density at radius 3 is 1.77 bits per heavy atom. The van der Waals surface area contributed by atoms with E-state index >= 15 is 0 Å². The highest BCUT2D eigenvalue weighted by Crippen LogP contribution is 2.24. The number of benzene rings is 3. The Bertz CT molecular complexity index is 824. The number of aliphatic hydroxyl groups excluding tert-OH is 1. The lowest BCUT2D eigenvalue weighted by molar-refractivity contribution is -0.124. The molecule has 3 aromatic carbocycles. The number of rotatable bonds is 5. The summed E-state index contributed by atoms with van der Waals surface area (Å²) in [4.78, 5) is 11.4. The minimum Gasteiger partial charge on any atom is -0.387 e. The SMILES string of the molecule is O=C(CO)NC(c1ccccc1)c1ccccc1.c1ccc(C2CCNCC2)cc1. The van der Waals surface area contributed by atoms with Crippen LogP contribution >= 0.6 is 0 Å². The first kappa shape index (κ1) is 21.8. The van der Waals surface area contributed by atoms with Gasteiger partial charge in [-0.1, -0.05) is 91.0 Å². The van der Waals surface area contributed by atoms with Gasteiger partial charge in [0.1, 0.15) is 6.61 Å². The highest BCUT2D eigenvalue weighted by Gasteiger charge is 2.15. The monoisotopic (exact) mass is 402 g/mol. The molecule has 1 saturated heterocycles. The lowest BCUT2D eigenvalue weighted by Gasteiger charge is -2.22. The van der Waals surface area contributed by atoms with Gasteiger partial charge in [0.15, 0.2) is 0 Å². The number of carbonyl (C=O) groups excluding carboxylic acids is 1. The van der Waals surface area contributed by atoms with Crippen LogP contribution in [0.4, 0.5) is 0 Å². The van der Waals surface area contributed by atoms with Crippen LogP contribution in [0, 0.1) is 0 Å². The number of carbonyl (C=O) groups is 1. The molecule has 1 aliphatic heterocycles. The second kappa shape index (κ2) is 11.9. The molecule has 4 heteroatoms. The number of nitrogens with one attached hydrogen (secondary N) is 2. The van der Waals surface area contributed by atoms with E-state index in [2.05, 4.69) is 41.0 Å². The van der Waals surface area contributed by atoms with Gasteiger partial charge in [0.25, 0.3) is 0 Å². The quantitative estimate of drug-likeness (QED) is 0.604. The molecule has 1 fully saturated rings. The predicted octanol–water partition coefficient (Wildman–Crippen LogP) is 4.04. The molecule has 3 N–H and O–H groups in total. The average Bonchev–Trinajstić information content (AvgIpc) is 2.85. The molecular formula is C26H30N2O2. The molecule has 0 atom stereocenters. The molecule has 0 spiro atoms. The highest BCUT2D eigenvalue weighted by atomic mass is 16.3. The van der Waals surface area contributed by atoms with Crippen molar-refractivity contribution in [2.45, 2.75) is 24.8 Å². The van der Waals surface area contributed by atoms with Crippen molar-refractivity contribution in [3.05, 3.63) is 108 Å². The summed E-state index contributed by atoms with van der Waals surface area (Å²) in [7, 11) is 0. The maximum absolute atomic E-state index is 11.4. The lowest BCUT2D eigenvalue weighted by atomic mass is 9.90. The third kappa shape index (κ3) is 6.55. The summed E-state index contributed by atoms with van der Waals surface area (Å²) in [5.74, 6) is 0.417. The van der Waals surface area contributed by atoms with E-state index in [1.54, 1.807) is 0 Å². The largest absolute Gasteiger partial charge is 0.387 e. The minimum atomic E-state index is -0.504. The summed E-state index contributed by atoms with van der Waals surface area (Å²) in [5.41, 5.74) is 3.50. The molecule has 0 saturated carbocycles. The molecule has 30 heavy (non-hydrogen) atoms. The van der Waals surface area contributed by atoms with E-state index in [9.17, 15) is 4.79 Å². The summed E-state index contributed by atoms with van der Waals surface area (Å²) in [5, 5.41) is 15.1. The maximum atomic E-state index is 11.4. The number of hydrogen-bond donors (Lipinski definition) is 3. The summed E-state index contributed by atoms with van der Waals surface area (Å²) in [6.07, 6.45) is 2.59. The third-order valence-corrected chi connectivity index (χ3v) is 5.32. The molecule has 0 radical (unpaired) electrons. The summed E-state index contributed by atoms with van der Waals surface area (Å²) < 4.78 is 0. The second-order valence-corrected chi connectivity index (χ2v) is 7.41. The molecule has 4 nitrogen and oxygen atoms in total. The van der Waals surface area contributed by atoms with Crippen LogP contribution in [0.1, 0.15) is 41.5 Å². The van der Waals surface area contributed by atoms with Gasteiger partial charge < -0.3 is 15.7 Å². The first-order valence-electron chi connectivity index (χ1n) is 10.5. The van der Waals surface area contributed by atoms with E-state index in [4.69, 9.17) is 5.11 Å². The van der Waals surface area contributed by atoms with Gasteiger partial charge in [0.2, 0.25) is 5.91 Å². The van der Waals surface area contributed by atoms with Crippen molar-refractivity contribution >= 4 is 5.91 Å². The zero-order valence-corrected chi connectivity index (χ0v) is 17.2. The van der Waals surface area contributed by atoms with Crippen LogP contribution in [-0.2, 0) is 4.79 Å². The third-order valence-electron chi connectivity index (χ3n) is 5.32. The van der Waals surface area contributed by atoms with Crippen LogP contribution in [0.25, 0.3) is 0 Å². The fraction of sp³-hybridized carbons (Fsp3) is 0.269. The molecule has 156 valence electrons. The standard InChI is InChI=1S/C15H15NO2.C11H15N/c17-11-14(18)16-15(12-7-3-1-4-8-12)13-9-5-2-6-10-13;1-2-4-10(5-3-1)11-6-8-12-9-7-11/h1-10,15,17H,11H2,(H,16,18);1-5,11-12H,6-9H2. The molecule has 1 amide bonds. The summed E-state index contributed by atoms with van der Waals surface area (Å²) >= 11 is 0. The van der Waals surface area contributed by atoms with Gasteiger partial charge in [-0.25, -0.2) is 0 Å². The smallest absolute Gasteiger partial charge is 0.246 e. The molecule has 1 aliphatic rings. The zero-order valence-electron chi connectivity index (χ0n) is 17.2. The van der Waals surface area contributed by atoms with Crippen molar-refractivity contribution in [1.29, 1.82) is 0 Å². The molecule has 0 unspecified atom stereocenters. The molecule has 0 aliphatic carbocycles. The predicted molar refractivity (Wildman–Crippen MR) is 121 cm³/mol. The van der Waals surface area contributed by atoms with Crippen LogP contribution in [0.5, 0.6) is 0 Å². The molecule has 4 rings (SSSR count). The van der Waals surface area contributed by atoms with Gasteiger partial charge in [0, 0.05) is 0 Å². The van der Waals surface area contributed by atoms with Crippen molar-refractivity contribution in [1.82, 2.24) is 10.6 Å². The first-order valence-corrected chi connectivity index (χ1v) is 10.5.